The summed E-state index contributed by atoms with van der Waals surface area (Å²) in [5.41, 5.74) is 0.483. The van der Waals surface area contributed by atoms with Crippen LogP contribution in [-0.2, 0) is 35.0 Å². The van der Waals surface area contributed by atoms with E-state index >= 15 is 0 Å². The van der Waals surface area contributed by atoms with E-state index in [9.17, 15) is 24.9 Å². The Morgan fingerprint density at radius 1 is 1.07 bits per heavy atom. The molecule has 40 heavy (non-hydrogen) atoms. The van der Waals surface area contributed by atoms with Gasteiger partial charge in [0.2, 0.25) is 0 Å². The van der Waals surface area contributed by atoms with Crippen molar-refractivity contribution in [3.63, 3.8) is 0 Å². The van der Waals surface area contributed by atoms with Gasteiger partial charge in [0.25, 0.3) is 0 Å². The number of cyclic esters (lactones) is 1. The van der Waals surface area contributed by atoms with Crippen LogP contribution in [0.5, 0.6) is 5.75 Å². The van der Waals surface area contributed by atoms with E-state index in [2.05, 4.69) is 6.92 Å². The molecule has 3 bridgehead atoms. The number of aliphatic hydroxyl groups excluding tert-OH is 1. The lowest BCUT2D eigenvalue weighted by Crippen LogP contribution is -2.68. The summed E-state index contributed by atoms with van der Waals surface area (Å²) in [6.45, 7) is 11.4. The Balaban J connectivity index is 1.64. The van der Waals surface area contributed by atoms with Crippen LogP contribution in [0.2, 0.25) is 0 Å². The molecule has 3 aliphatic heterocycles. The third-order valence-electron chi connectivity index (χ3n) is 9.33. The quantitative estimate of drug-likeness (QED) is 0.436. The molecular formula is C31H46O9. The highest BCUT2D eigenvalue weighted by Crippen LogP contribution is 2.57. The lowest BCUT2D eigenvalue weighted by molar-refractivity contribution is -0.451. The zero-order valence-electron chi connectivity index (χ0n) is 24.6. The molecule has 1 spiro atoms. The molecule has 1 aromatic carbocycles. The van der Waals surface area contributed by atoms with Gasteiger partial charge in [0.15, 0.2) is 11.6 Å². The maximum Gasteiger partial charge on any atom is 0.311 e. The molecule has 9 nitrogen and oxygen atoms in total. The molecule has 0 amide bonds. The Morgan fingerprint density at radius 2 is 1.80 bits per heavy atom. The van der Waals surface area contributed by atoms with Crippen molar-refractivity contribution in [2.24, 2.45) is 23.2 Å². The molecule has 0 aliphatic carbocycles. The van der Waals surface area contributed by atoms with Gasteiger partial charge in [-0.25, -0.2) is 0 Å². The van der Waals surface area contributed by atoms with Crippen LogP contribution in [0.1, 0.15) is 85.6 Å². The van der Waals surface area contributed by atoms with Crippen LogP contribution < -0.4 is 0 Å². The number of phenols is 1. The van der Waals surface area contributed by atoms with Crippen molar-refractivity contribution < 1.29 is 43.9 Å². The minimum absolute atomic E-state index is 0.0561. The van der Waals surface area contributed by atoms with Gasteiger partial charge in [-0.3, -0.25) is 9.59 Å². The third kappa shape index (κ3) is 6.32. The summed E-state index contributed by atoms with van der Waals surface area (Å²) >= 11 is 0. The average molecular weight is 563 g/mol. The number of aliphatic hydroxyl groups is 2. The molecule has 4 rings (SSSR count). The Kier molecular flexibility index (Phi) is 8.91. The van der Waals surface area contributed by atoms with Crippen molar-refractivity contribution in [2.45, 2.75) is 122 Å². The zero-order valence-corrected chi connectivity index (χ0v) is 24.6. The van der Waals surface area contributed by atoms with Crippen molar-refractivity contribution in [3.8, 4) is 5.75 Å². The topological polar surface area (TPSA) is 132 Å². The van der Waals surface area contributed by atoms with E-state index in [1.807, 2.05) is 39.8 Å². The number of rotatable bonds is 6. The minimum atomic E-state index is -1.85. The second-order valence-electron chi connectivity index (χ2n) is 13.1. The molecule has 9 heteroatoms. The Bertz CT molecular complexity index is 1070. The fourth-order valence-corrected chi connectivity index (χ4v) is 6.75. The van der Waals surface area contributed by atoms with E-state index in [-0.39, 0.29) is 36.5 Å². The van der Waals surface area contributed by atoms with Crippen LogP contribution in [0, 0.1) is 23.2 Å². The summed E-state index contributed by atoms with van der Waals surface area (Å²) in [5, 5.41) is 31.7. The standard InChI is InChI=1S/C31H46O9/c1-18(9-7-10-22-11-8-12-23(33)13-22)28-20(3)25-16-31(39-28)29(5,6)15-19(2)30(36,40-31)17-27(35)37-24(21(4)32)14-26(34)38-25/h8,11-13,18-21,24-25,28,32-33,36H,7,9-10,14-17H2,1-6H3/t18-,19+,20-,21+,24+,25-,28+,30-,31-/m0/s1. The van der Waals surface area contributed by atoms with Crippen molar-refractivity contribution in [1.29, 1.82) is 0 Å². The van der Waals surface area contributed by atoms with E-state index < -0.39 is 59.6 Å². The van der Waals surface area contributed by atoms with E-state index in [0.717, 1.165) is 24.8 Å². The van der Waals surface area contributed by atoms with E-state index in [4.69, 9.17) is 18.9 Å². The first-order valence-corrected chi connectivity index (χ1v) is 14.6. The highest BCUT2D eigenvalue weighted by atomic mass is 16.8. The number of hydrogen-bond donors (Lipinski definition) is 3. The SMILES string of the molecule is C[C@@H]1[C@@H]([C@@H](C)CCCc2cccc(O)c2)O[C@@]23C[C@@H]1OC(=O)C[C@H]([C@@H](C)O)OC(=O)C[C@](O)(O2)[C@H](C)CC3(C)C. The summed E-state index contributed by atoms with van der Waals surface area (Å²) in [4.78, 5) is 26.0. The molecule has 0 radical (unpaired) electrons. The number of hydrogen-bond acceptors (Lipinski definition) is 9. The molecule has 0 aromatic heterocycles. The van der Waals surface area contributed by atoms with Crippen molar-refractivity contribution >= 4 is 11.9 Å². The first-order valence-electron chi connectivity index (χ1n) is 14.6. The average Bonchev–Trinajstić information content (AvgIpc) is 2.83. The van der Waals surface area contributed by atoms with E-state index in [1.54, 1.807) is 12.1 Å². The monoisotopic (exact) mass is 562 g/mol. The number of phenolic OH excluding ortho intramolecular Hbond substituents is 1. The van der Waals surface area contributed by atoms with Crippen molar-refractivity contribution in [1.82, 2.24) is 0 Å². The second-order valence-corrected chi connectivity index (χ2v) is 13.1. The zero-order chi connectivity index (χ0) is 29.5. The van der Waals surface area contributed by atoms with Crippen LogP contribution in [-0.4, -0.2) is 63.2 Å². The molecule has 3 fully saturated rings. The van der Waals surface area contributed by atoms with Gasteiger partial charge in [0, 0.05) is 23.7 Å². The molecule has 224 valence electrons. The Labute approximate surface area is 237 Å². The van der Waals surface area contributed by atoms with Crippen LogP contribution in [0.25, 0.3) is 0 Å². The molecular weight excluding hydrogens is 516 g/mol. The summed E-state index contributed by atoms with van der Waals surface area (Å²) in [5.74, 6) is -4.77. The number of benzene rings is 1. The number of ether oxygens (including phenoxy) is 4. The molecule has 0 saturated carbocycles. The molecule has 3 N–H and O–H groups in total. The summed E-state index contributed by atoms with van der Waals surface area (Å²) in [7, 11) is 0. The van der Waals surface area contributed by atoms with Crippen LogP contribution in [0.3, 0.4) is 0 Å². The van der Waals surface area contributed by atoms with Crippen molar-refractivity contribution in [3.05, 3.63) is 29.8 Å². The summed E-state index contributed by atoms with van der Waals surface area (Å²) < 4.78 is 24.8. The largest absolute Gasteiger partial charge is 0.508 e. The van der Waals surface area contributed by atoms with Crippen LogP contribution in [0.4, 0.5) is 0 Å². The highest BCUT2D eigenvalue weighted by molar-refractivity contribution is 5.73. The number of esters is 2. The lowest BCUT2D eigenvalue weighted by atomic mass is 9.66. The number of fused-ring (bicyclic) bond motifs is 2. The molecule has 3 heterocycles. The van der Waals surface area contributed by atoms with Gasteiger partial charge < -0.3 is 34.3 Å². The van der Waals surface area contributed by atoms with Gasteiger partial charge in [-0.2, -0.15) is 0 Å². The van der Waals surface area contributed by atoms with Gasteiger partial charge in [0.05, 0.1) is 25.0 Å². The minimum Gasteiger partial charge on any atom is -0.508 e. The lowest BCUT2D eigenvalue weighted by Gasteiger charge is -2.61. The Hall–Kier alpha value is -2.20. The van der Waals surface area contributed by atoms with E-state index in [1.165, 1.54) is 6.92 Å². The molecule has 3 aliphatic rings. The predicted molar refractivity (Wildman–Crippen MR) is 146 cm³/mol. The number of aryl methyl sites for hydroxylation is 1. The summed E-state index contributed by atoms with van der Waals surface area (Å²) in [6.07, 6.45) is -0.648. The van der Waals surface area contributed by atoms with Crippen LogP contribution in [0.15, 0.2) is 24.3 Å². The Morgan fingerprint density at radius 3 is 2.48 bits per heavy atom. The maximum absolute atomic E-state index is 13.1. The van der Waals surface area contributed by atoms with Gasteiger partial charge in [-0.05, 0) is 56.2 Å². The maximum atomic E-state index is 13.1. The smallest absolute Gasteiger partial charge is 0.311 e. The molecule has 1 aromatic rings. The normalized spacial score (nSPS) is 37.8. The number of carbonyl (C=O) groups is 2. The number of carbonyl (C=O) groups excluding carboxylic acids is 2. The van der Waals surface area contributed by atoms with Gasteiger partial charge >= 0.3 is 11.9 Å². The van der Waals surface area contributed by atoms with Gasteiger partial charge in [0.1, 0.15) is 18.0 Å². The van der Waals surface area contributed by atoms with E-state index in [0.29, 0.717) is 6.42 Å². The van der Waals surface area contributed by atoms with Crippen molar-refractivity contribution in [2.75, 3.05) is 0 Å². The predicted octanol–water partition coefficient (Wildman–Crippen LogP) is 4.24. The fraction of sp³-hybridized carbons (Fsp3) is 0.742. The fourth-order valence-electron chi connectivity index (χ4n) is 6.75. The van der Waals surface area contributed by atoms with Crippen LogP contribution >= 0.6 is 0 Å². The molecule has 9 atom stereocenters. The number of aromatic hydroxyl groups is 1. The molecule has 3 saturated heterocycles. The van der Waals surface area contributed by atoms with Gasteiger partial charge in [-0.1, -0.05) is 46.8 Å². The first-order chi connectivity index (χ1) is 18.6. The second kappa shape index (κ2) is 11.6. The van der Waals surface area contributed by atoms with Gasteiger partial charge in [-0.15, -0.1) is 0 Å². The highest BCUT2D eigenvalue weighted by Gasteiger charge is 2.64. The third-order valence-corrected chi connectivity index (χ3v) is 9.33. The molecule has 0 unspecified atom stereocenters. The first kappa shape index (κ1) is 30.8. The summed E-state index contributed by atoms with van der Waals surface area (Å²) in [6, 6.07) is 7.25.